The maximum atomic E-state index is 12.2. The molecule has 2 heterocycles. The Labute approximate surface area is 169 Å². The number of furan rings is 1. The standard InChI is InChI=1S/C20H12Cl2N2O2S/c21-14-6-2-1-5-13(14)17-10-9-12(26-17)11-18-19(25)24-20(27-18)23-16-8-4-3-7-15(16)22/h1-11H,(H,23,24,25). The molecule has 27 heavy (non-hydrogen) atoms. The van der Waals surface area contributed by atoms with Gasteiger partial charge in [-0.05, 0) is 48.2 Å². The number of hydrogen-bond donors (Lipinski definition) is 1. The third kappa shape index (κ3) is 3.95. The van der Waals surface area contributed by atoms with Crippen LogP contribution in [-0.2, 0) is 4.79 Å². The molecule has 4 nitrogen and oxygen atoms in total. The van der Waals surface area contributed by atoms with Crippen LogP contribution in [0.4, 0.5) is 5.69 Å². The van der Waals surface area contributed by atoms with Gasteiger partial charge in [0.25, 0.3) is 5.91 Å². The normalized spacial score (nSPS) is 16.9. The summed E-state index contributed by atoms with van der Waals surface area (Å²) in [5.74, 6) is 0.962. The van der Waals surface area contributed by atoms with Crippen LogP contribution in [0.1, 0.15) is 5.76 Å². The molecule has 1 aromatic heterocycles. The molecule has 1 aliphatic heterocycles. The monoisotopic (exact) mass is 414 g/mol. The van der Waals surface area contributed by atoms with Crippen molar-refractivity contribution < 1.29 is 9.21 Å². The van der Waals surface area contributed by atoms with E-state index in [2.05, 4.69) is 10.3 Å². The first-order valence-corrected chi connectivity index (χ1v) is 9.56. The molecule has 0 bridgehead atoms. The Hall–Kier alpha value is -2.47. The molecule has 0 saturated carbocycles. The fraction of sp³-hybridized carbons (Fsp3) is 0. The van der Waals surface area contributed by atoms with Gasteiger partial charge in [0.05, 0.1) is 20.6 Å². The van der Waals surface area contributed by atoms with E-state index >= 15 is 0 Å². The Kier molecular flexibility index (Phi) is 5.07. The zero-order valence-corrected chi connectivity index (χ0v) is 16.1. The maximum absolute atomic E-state index is 12.2. The van der Waals surface area contributed by atoms with Crippen molar-refractivity contribution in [1.82, 2.24) is 5.32 Å². The second-order valence-electron chi connectivity index (χ2n) is 5.62. The third-order valence-corrected chi connectivity index (χ3v) is 5.32. The van der Waals surface area contributed by atoms with Crippen molar-refractivity contribution in [1.29, 1.82) is 0 Å². The number of nitrogens with zero attached hydrogens (tertiary/aromatic N) is 1. The number of amides is 1. The van der Waals surface area contributed by atoms with E-state index < -0.39 is 0 Å². The van der Waals surface area contributed by atoms with E-state index in [-0.39, 0.29) is 5.91 Å². The van der Waals surface area contributed by atoms with Crippen molar-refractivity contribution in [2.45, 2.75) is 0 Å². The molecule has 0 atom stereocenters. The molecule has 7 heteroatoms. The summed E-state index contributed by atoms with van der Waals surface area (Å²) in [6.45, 7) is 0. The fourth-order valence-electron chi connectivity index (χ4n) is 2.50. The highest BCUT2D eigenvalue weighted by atomic mass is 35.5. The van der Waals surface area contributed by atoms with Crippen LogP contribution in [0, 0.1) is 0 Å². The molecule has 1 N–H and O–H groups in total. The van der Waals surface area contributed by atoms with Crippen LogP contribution in [0.3, 0.4) is 0 Å². The average molecular weight is 415 g/mol. The van der Waals surface area contributed by atoms with Gasteiger partial charge in [-0.1, -0.05) is 47.5 Å². The van der Waals surface area contributed by atoms with Crippen molar-refractivity contribution in [3.8, 4) is 11.3 Å². The molecule has 134 valence electrons. The lowest BCUT2D eigenvalue weighted by Gasteiger charge is -1.99. The maximum Gasteiger partial charge on any atom is 0.264 e. The van der Waals surface area contributed by atoms with E-state index in [0.29, 0.717) is 37.3 Å². The van der Waals surface area contributed by atoms with Crippen molar-refractivity contribution in [3.05, 3.63) is 81.4 Å². The Morgan fingerprint density at radius 1 is 0.963 bits per heavy atom. The molecule has 1 amide bonds. The molecule has 2 aromatic carbocycles. The molecule has 3 aromatic rings. The highest BCUT2D eigenvalue weighted by molar-refractivity contribution is 8.18. The minimum absolute atomic E-state index is 0.235. The summed E-state index contributed by atoms with van der Waals surface area (Å²) in [6, 6.07) is 18.2. The number of hydrogen-bond acceptors (Lipinski definition) is 4. The number of amidine groups is 1. The van der Waals surface area contributed by atoms with Crippen LogP contribution in [0.15, 0.2) is 75.0 Å². The van der Waals surface area contributed by atoms with Crippen molar-refractivity contribution >= 4 is 57.8 Å². The minimum Gasteiger partial charge on any atom is -0.457 e. The lowest BCUT2D eigenvalue weighted by molar-refractivity contribution is -0.115. The topological polar surface area (TPSA) is 54.6 Å². The Bertz CT molecular complexity index is 1090. The highest BCUT2D eigenvalue weighted by Gasteiger charge is 2.24. The molecule has 0 radical (unpaired) electrons. The Morgan fingerprint density at radius 3 is 2.48 bits per heavy atom. The molecule has 0 aliphatic carbocycles. The van der Waals surface area contributed by atoms with Crippen LogP contribution in [0.25, 0.3) is 17.4 Å². The molecule has 1 fully saturated rings. The van der Waals surface area contributed by atoms with Gasteiger partial charge in [-0.25, -0.2) is 4.99 Å². The molecule has 0 spiro atoms. The summed E-state index contributed by atoms with van der Waals surface area (Å²) in [4.78, 5) is 17.1. The average Bonchev–Trinajstić information content (AvgIpc) is 3.25. The van der Waals surface area contributed by atoms with Gasteiger partial charge in [0.2, 0.25) is 0 Å². The quantitative estimate of drug-likeness (QED) is 0.523. The van der Waals surface area contributed by atoms with Gasteiger partial charge in [-0.15, -0.1) is 0 Å². The van der Waals surface area contributed by atoms with E-state index in [1.165, 1.54) is 11.8 Å². The van der Waals surface area contributed by atoms with E-state index in [0.717, 1.165) is 5.56 Å². The second kappa shape index (κ2) is 7.64. The van der Waals surface area contributed by atoms with Gasteiger partial charge in [-0.2, -0.15) is 0 Å². The molecule has 4 rings (SSSR count). The SMILES string of the molecule is O=C1NC(=Nc2ccccc2Cl)SC1=Cc1ccc(-c2ccccc2Cl)o1. The fourth-order valence-corrected chi connectivity index (χ4v) is 3.72. The summed E-state index contributed by atoms with van der Waals surface area (Å²) in [6.07, 6.45) is 1.68. The lowest BCUT2D eigenvalue weighted by atomic mass is 10.2. The number of nitrogens with one attached hydrogen (secondary N) is 1. The lowest BCUT2D eigenvalue weighted by Crippen LogP contribution is -2.19. The molecule has 0 unspecified atom stereocenters. The van der Waals surface area contributed by atoms with E-state index in [1.54, 1.807) is 30.3 Å². The Balaban J connectivity index is 1.58. The van der Waals surface area contributed by atoms with Gasteiger partial charge in [0.1, 0.15) is 11.5 Å². The van der Waals surface area contributed by atoms with Gasteiger partial charge in [0.15, 0.2) is 5.17 Å². The number of rotatable bonds is 3. The predicted molar refractivity (Wildman–Crippen MR) is 111 cm³/mol. The summed E-state index contributed by atoms with van der Waals surface area (Å²) in [5, 5.41) is 4.33. The zero-order chi connectivity index (χ0) is 18.8. The number of halogens is 2. The first-order valence-electron chi connectivity index (χ1n) is 7.99. The molecule has 1 saturated heterocycles. The highest BCUT2D eigenvalue weighted by Crippen LogP contribution is 2.33. The van der Waals surface area contributed by atoms with Crippen LogP contribution in [0.5, 0.6) is 0 Å². The van der Waals surface area contributed by atoms with E-state index in [4.69, 9.17) is 27.6 Å². The van der Waals surface area contributed by atoms with Crippen LogP contribution in [-0.4, -0.2) is 11.1 Å². The third-order valence-electron chi connectivity index (χ3n) is 3.76. The number of thioether (sulfide) groups is 1. The van der Waals surface area contributed by atoms with Crippen molar-refractivity contribution in [3.63, 3.8) is 0 Å². The van der Waals surface area contributed by atoms with Gasteiger partial charge in [0, 0.05) is 11.6 Å². The summed E-state index contributed by atoms with van der Waals surface area (Å²) < 4.78 is 5.82. The number of aliphatic imine (C=N–C) groups is 1. The largest absolute Gasteiger partial charge is 0.457 e. The number of benzene rings is 2. The molecular weight excluding hydrogens is 403 g/mol. The first kappa shape index (κ1) is 17.9. The van der Waals surface area contributed by atoms with Gasteiger partial charge >= 0.3 is 0 Å². The van der Waals surface area contributed by atoms with Crippen LogP contribution in [0.2, 0.25) is 10.0 Å². The smallest absolute Gasteiger partial charge is 0.264 e. The predicted octanol–water partition coefficient (Wildman–Crippen LogP) is 6.15. The van der Waals surface area contributed by atoms with Gasteiger partial charge < -0.3 is 9.73 Å². The van der Waals surface area contributed by atoms with Gasteiger partial charge in [-0.3, -0.25) is 4.79 Å². The minimum atomic E-state index is -0.235. The number of carbonyl (C=O) groups excluding carboxylic acids is 1. The molecule has 1 aliphatic rings. The Morgan fingerprint density at radius 2 is 1.70 bits per heavy atom. The molecular formula is C20H12Cl2N2O2S. The van der Waals surface area contributed by atoms with Crippen molar-refractivity contribution in [2.75, 3.05) is 0 Å². The number of para-hydroxylation sites is 1. The van der Waals surface area contributed by atoms with E-state index in [9.17, 15) is 4.79 Å². The summed E-state index contributed by atoms with van der Waals surface area (Å²) in [7, 11) is 0. The van der Waals surface area contributed by atoms with Crippen molar-refractivity contribution in [2.24, 2.45) is 4.99 Å². The second-order valence-corrected chi connectivity index (χ2v) is 7.46. The summed E-state index contributed by atoms with van der Waals surface area (Å²) in [5.41, 5.74) is 1.40. The van der Waals surface area contributed by atoms with Crippen LogP contribution < -0.4 is 5.32 Å². The number of carbonyl (C=O) groups is 1. The zero-order valence-electron chi connectivity index (χ0n) is 13.8. The summed E-state index contributed by atoms with van der Waals surface area (Å²) >= 11 is 13.5. The first-order chi connectivity index (χ1) is 13.1. The van der Waals surface area contributed by atoms with E-state index in [1.807, 2.05) is 36.4 Å². The van der Waals surface area contributed by atoms with Crippen LogP contribution >= 0.6 is 35.0 Å².